The first kappa shape index (κ1) is 20.9. The number of carbonyl (C=O) groups is 1. The fourth-order valence-electron chi connectivity index (χ4n) is 3.57. The molecule has 1 amide bonds. The Balaban J connectivity index is 1.49. The molecule has 1 aliphatic carbocycles. The molecule has 0 radical (unpaired) electrons. The van der Waals surface area contributed by atoms with Gasteiger partial charge in [-0.25, -0.2) is 8.42 Å². The third kappa shape index (κ3) is 3.64. The van der Waals surface area contributed by atoms with E-state index in [1.165, 1.54) is 39.9 Å². The minimum Gasteiger partial charge on any atom is -0.454 e. The maximum atomic E-state index is 12.9. The number of sulfonamides is 1. The summed E-state index contributed by atoms with van der Waals surface area (Å²) >= 11 is 1.36. The summed E-state index contributed by atoms with van der Waals surface area (Å²) in [4.78, 5) is 17.8. The van der Waals surface area contributed by atoms with Crippen LogP contribution in [0.3, 0.4) is 0 Å². The number of ether oxygens (including phenoxy) is 2. The highest BCUT2D eigenvalue weighted by Crippen LogP contribution is 2.37. The van der Waals surface area contributed by atoms with E-state index in [-0.39, 0.29) is 17.7 Å². The van der Waals surface area contributed by atoms with Crippen molar-refractivity contribution in [1.82, 2.24) is 8.87 Å². The van der Waals surface area contributed by atoms with Crippen molar-refractivity contribution >= 4 is 37.5 Å². The summed E-state index contributed by atoms with van der Waals surface area (Å²) in [6, 6.07) is 9.74. The molecule has 0 spiro atoms. The Bertz CT molecular complexity index is 1400. The van der Waals surface area contributed by atoms with Gasteiger partial charge < -0.3 is 14.0 Å². The molecule has 1 aliphatic heterocycles. The maximum Gasteiger partial charge on any atom is 0.279 e. The predicted octanol–water partition coefficient (Wildman–Crippen LogP) is 3.14. The van der Waals surface area contributed by atoms with Crippen LogP contribution in [0.4, 0.5) is 0 Å². The molecule has 10 heteroatoms. The topological polar surface area (TPSA) is 90.2 Å². The summed E-state index contributed by atoms with van der Waals surface area (Å²) in [6.07, 6.45) is 3.49. The van der Waals surface area contributed by atoms with E-state index < -0.39 is 15.9 Å². The molecule has 0 bridgehead atoms. The van der Waals surface area contributed by atoms with Gasteiger partial charge in [0.2, 0.25) is 16.8 Å². The molecule has 166 valence electrons. The summed E-state index contributed by atoms with van der Waals surface area (Å²) in [7, 11) is -1.97. The highest BCUT2D eigenvalue weighted by Gasteiger charge is 2.35. The quantitative estimate of drug-likeness (QED) is 0.515. The second kappa shape index (κ2) is 7.88. The summed E-state index contributed by atoms with van der Waals surface area (Å²) in [5, 5.41) is 0. The number of hydrogen-bond acceptors (Lipinski definition) is 6. The zero-order chi connectivity index (χ0) is 22.5. The van der Waals surface area contributed by atoms with E-state index in [0.717, 1.165) is 23.1 Å². The van der Waals surface area contributed by atoms with Crippen molar-refractivity contribution in [3.05, 3.63) is 59.4 Å². The molecule has 2 aliphatic rings. The van der Waals surface area contributed by atoms with Crippen molar-refractivity contribution in [3.8, 4) is 11.5 Å². The van der Waals surface area contributed by atoms with E-state index in [4.69, 9.17) is 9.47 Å². The number of benzene rings is 2. The number of amides is 1. The van der Waals surface area contributed by atoms with Crippen LogP contribution in [0.25, 0.3) is 10.2 Å². The van der Waals surface area contributed by atoms with E-state index in [2.05, 4.69) is 11.6 Å². The van der Waals surface area contributed by atoms with Crippen molar-refractivity contribution in [2.24, 2.45) is 4.99 Å². The third-order valence-electron chi connectivity index (χ3n) is 5.53. The minimum absolute atomic E-state index is 0.0711. The van der Waals surface area contributed by atoms with Gasteiger partial charge >= 0.3 is 0 Å². The van der Waals surface area contributed by atoms with E-state index in [1.807, 2.05) is 16.7 Å². The van der Waals surface area contributed by atoms with Gasteiger partial charge in [0.05, 0.1) is 15.1 Å². The average molecular weight is 472 g/mol. The van der Waals surface area contributed by atoms with Crippen molar-refractivity contribution < 1.29 is 22.7 Å². The van der Waals surface area contributed by atoms with E-state index >= 15 is 0 Å². The predicted molar refractivity (Wildman–Crippen MR) is 120 cm³/mol. The summed E-state index contributed by atoms with van der Waals surface area (Å²) in [5.74, 6) is 0.864. The van der Waals surface area contributed by atoms with Gasteiger partial charge in [-0.15, -0.1) is 6.58 Å². The largest absolute Gasteiger partial charge is 0.454 e. The Kier molecular flexibility index (Phi) is 5.15. The molecule has 0 atom stereocenters. The molecular weight excluding hydrogens is 450 g/mol. The van der Waals surface area contributed by atoms with Crippen LogP contribution in [0.2, 0.25) is 0 Å². The Morgan fingerprint density at radius 1 is 1.25 bits per heavy atom. The van der Waals surface area contributed by atoms with Crippen molar-refractivity contribution in [2.75, 3.05) is 13.8 Å². The lowest BCUT2D eigenvalue weighted by molar-refractivity contribution is 0.0997. The monoisotopic (exact) mass is 471 g/mol. The van der Waals surface area contributed by atoms with Crippen LogP contribution in [0.15, 0.2) is 58.9 Å². The number of thiazole rings is 1. The van der Waals surface area contributed by atoms with Gasteiger partial charge in [0, 0.05) is 37.3 Å². The van der Waals surface area contributed by atoms with Crippen LogP contribution < -0.4 is 14.3 Å². The maximum absolute atomic E-state index is 12.9. The zero-order valence-corrected chi connectivity index (χ0v) is 19.0. The SMILES string of the molecule is C=CCn1c(=NC(=O)c2ccc(S(=O)(=O)N(C)C3CC3)cc2)sc2cc3c(cc21)OCO3. The number of nitrogens with zero attached hydrogens (tertiary/aromatic N) is 3. The highest BCUT2D eigenvalue weighted by molar-refractivity contribution is 7.89. The first-order valence-corrected chi connectivity index (χ1v) is 12.3. The summed E-state index contributed by atoms with van der Waals surface area (Å²) in [6.45, 7) is 4.45. The molecule has 5 rings (SSSR count). The van der Waals surface area contributed by atoms with Crippen LogP contribution >= 0.6 is 11.3 Å². The molecule has 1 saturated carbocycles. The van der Waals surface area contributed by atoms with E-state index in [0.29, 0.717) is 28.4 Å². The van der Waals surface area contributed by atoms with Gasteiger partial charge in [-0.05, 0) is 37.1 Å². The lowest BCUT2D eigenvalue weighted by Gasteiger charge is -2.16. The number of aromatic nitrogens is 1. The van der Waals surface area contributed by atoms with Crippen molar-refractivity contribution in [1.29, 1.82) is 0 Å². The molecule has 8 nitrogen and oxygen atoms in total. The summed E-state index contributed by atoms with van der Waals surface area (Å²) in [5.41, 5.74) is 1.19. The Morgan fingerprint density at radius 2 is 1.94 bits per heavy atom. The molecule has 2 aromatic carbocycles. The molecule has 0 N–H and O–H groups in total. The van der Waals surface area contributed by atoms with E-state index in [1.54, 1.807) is 13.1 Å². The highest BCUT2D eigenvalue weighted by atomic mass is 32.2. The zero-order valence-electron chi connectivity index (χ0n) is 17.4. The third-order valence-corrected chi connectivity index (χ3v) is 8.49. The number of fused-ring (bicyclic) bond motifs is 2. The van der Waals surface area contributed by atoms with E-state index in [9.17, 15) is 13.2 Å². The lowest BCUT2D eigenvalue weighted by atomic mass is 10.2. The first-order chi connectivity index (χ1) is 15.4. The minimum atomic E-state index is -3.56. The number of carbonyl (C=O) groups excluding carboxylic acids is 1. The first-order valence-electron chi connectivity index (χ1n) is 10.1. The van der Waals surface area contributed by atoms with Crippen molar-refractivity contribution in [2.45, 2.75) is 30.3 Å². The van der Waals surface area contributed by atoms with Crippen LogP contribution in [0.1, 0.15) is 23.2 Å². The normalized spacial score (nSPS) is 16.1. The molecule has 3 aromatic rings. The number of rotatable bonds is 6. The fourth-order valence-corrected chi connectivity index (χ4v) is 6.04. The van der Waals surface area contributed by atoms with Crippen LogP contribution in [0.5, 0.6) is 11.5 Å². The van der Waals surface area contributed by atoms with Gasteiger partial charge in [-0.1, -0.05) is 17.4 Å². The molecule has 0 unspecified atom stereocenters. The van der Waals surface area contributed by atoms with Gasteiger partial charge in [0.15, 0.2) is 16.3 Å². The second-order valence-corrected chi connectivity index (χ2v) is 10.7. The van der Waals surface area contributed by atoms with Gasteiger partial charge in [-0.2, -0.15) is 9.30 Å². The van der Waals surface area contributed by atoms with Crippen LogP contribution in [0, 0.1) is 0 Å². The average Bonchev–Trinajstić information content (AvgIpc) is 3.45. The lowest BCUT2D eigenvalue weighted by Crippen LogP contribution is -2.28. The molecule has 32 heavy (non-hydrogen) atoms. The fraction of sp³-hybridized carbons (Fsp3) is 0.273. The molecule has 1 fully saturated rings. The Morgan fingerprint density at radius 3 is 2.59 bits per heavy atom. The number of hydrogen-bond donors (Lipinski definition) is 0. The Labute approximate surface area is 189 Å². The van der Waals surface area contributed by atoms with Crippen LogP contribution in [-0.4, -0.2) is 43.1 Å². The van der Waals surface area contributed by atoms with Crippen molar-refractivity contribution in [3.63, 3.8) is 0 Å². The molecule has 2 heterocycles. The second-order valence-electron chi connectivity index (χ2n) is 7.65. The summed E-state index contributed by atoms with van der Waals surface area (Å²) < 4.78 is 40.4. The van der Waals surface area contributed by atoms with Crippen LogP contribution in [-0.2, 0) is 16.6 Å². The van der Waals surface area contributed by atoms with Gasteiger partial charge in [0.25, 0.3) is 5.91 Å². The van der Waals surface area contributed by atoms with Gasteiger partial charge in [0.1, 0.15) is 0 Å². The van der Waals surface area contributed by atoms with Gasteiger partial charge in [-0.3, -0.25) is 4.79 Å². The molecule has 1 aromatic heterocycles. The molecular formula is C22H21N3O5S2. The number of allylic oxidation sites excluding steroid dienone is 1. The Hall–Kier alpha value is -2.95. The standard InChI is InChI=1S/C22H21N3O5S2/c1-3-10-25-17-11-18-19(30-13-29-18)12-20(17)31-22(25)23-21(26)14-4-8-16(9-5-14)32(27,28)24(2)15-6-7-15/h3-5,8-9,11-12,15H,1,6-7,10,13H2,2H3. The smallest absolute Gasteiger partial charge is 0.279 e. The molecule has 0 saturated heterocycles.